The van der Waals surface area contributed by atoms with Gasteiger partial charge in [0.25, 0.3) is 0 Å². The van der Waals surface area contributed by atoms with Gasteiger partial charge in [0.1, 0.15) is 35.9 Å². The summed E-state index contributed by atoms with van der Waals surface area (Å²) in [7, 11) is 0. The Morgan fingerprint density at radius 3 is 2.46 bits per heavy atom. The summed E-state index contributed by atoms with van der Waals surface area (Å²) in [6.45, 7) is 5.55. The van der Waals surface area contributed by atoms with Crippen LogP contribution < -0.4 is 10.6 Å². The molecule has 4 N–H and O–H groups in total. The highest BCUT2D eigenvalue weighted by Gasteiger charge is 2.76. The van der Waals surface area contributed by atoms with E-state index in [2.05, 4.69) is 36.6 Å². The Labute approximate surface area is 318 Å². The molecule has 0 spiro atoms. The number of fused-ring (bicyclic) bond motifs is 5. The first kappa shape index (κ1) is 39.3. The molecule has 0 aromatic heterocycles. The quantitative estimate of drug-likeness (QED) is 0.0981. The number of rotatable bonds is 18. The summed E-state index contributed by atoms with van der Waals surface area (Å²) < 4.78 is 25.8. The smallest absolute Gasteiger partial charge is 0.327 e. The van der Waals surface area contributed by atoms with E-state index >= 15 is 0 Å². The Balaban J connectivity index is 1.22. The van der Waals surface area contributed by atoms with Crippen molar-refractivity contribution < 1.29 is 48.4 Å². The highest BCUT2D eigenvalue weighted by Crippen LogP contribution is 2.58. The number of esters is 1. The fourth-order valence-electron chi connectivity index (χ4n) is 9.53. The van der Waals surface area contributed by atoms with Gasteiger partial charge in [-0.15, -0.1) is 0 Å². The van der Waals surface area contributed by atoms with Gasteiger partial charge < -0.3 is 39.8 Å². The topological polar surface area (TPSA) is 168 Å². The number of nitrogens with one attached hydrogen (secondary N) is 2. The van der Waals surface area contributed by atoms with Crippen molar-refractivity contribution in [3.05, 3.63) is 41.5 Å². The maximum atomic E-state index is 14.9. The maximum absolute atomic E-state index is 14.9. The minimum Gasteiger partial charge on any atom is -0.458 e. The summed E-state index contributed by atoms with van der Waals surface area (Å²) in [5.74, 6) is -2.34. The number of allylic oxidation sites excluding steroid dienone is 1. The molecule has 2 amide bonds. The second-order valence-corrected chi connectivity index (χ2v) is 16.3. The lowest BCUT2D eigenvalue weighted by Gasteiger charge is -2.49. The average molecular weight is 754 g/mol. The zero-order valence-electron chi connectivity index (χ0n) is 32.0. The van der Waals surface area contributed by atoms with Crippen LogP contribution in [0.2, 0.25) is 0 Å². The highest BCUT2D eigenvalue weighted by atomic mass is 16.8. The Hall–Kier alpha value is -2.91. The van der Waals surface area contributed by atoms with Crippen molar-refractivity contribution in [2.45, 2.75) is 165 Å². The molecule has 7 rings (SSSR count). The first-order valence-corrected chi connectivity index (χ1v) is 20.4. The van der Waals surface area contributed by atoms with Crippen LogP contribution in [0.15, 0.2) is 30.3 Å². The lowest BCUT2D eigenvalue weighted by Crippen LogP contribution is -2.71. The summed E-state index contributed by atoms with van der Waals surface area (Å²) in [6, 6.07) is 5.45. The third-order valence-electron chi connectivity index (χ3n) is 12.4. The number of hydrogen-bond acceptors (Lipinski definition) is 11. The van der Waals surface area contributed by atoms with Crippen LogP contribution in [0.5, 0.6) is 0 Å². The molecule has 4 heterocycles. The van der Waals surface area contributed by atoms with Crippen molar-refractivity contribution in [2.75, 3.05) is 13.2 Å². The third-order valence-corrected chi connectivity index (χ3v) is 12.4. The molecule has 54 heavy (non-hydrogen) atoms. The van der Waals surface area contributed by atoms with Crippen LogP contribution in [0.4, 0.5) is 0 Å². The van der Waals surface area contributed by atoms with Crippen molar-refractivity contribution in [1.29, 1.82) is 0 Å². The molecule has 3 unspecified atom stereocenters. The van der Waals surface area contributed by atoms with E-state index in [1.54, 1.807) is 5.06 Å². The standard InChI is InChI=1S/C41H59N3O10/c1-4-6-10-18-40(19-11-7-5-2)52-33-31-23-41(39(49)43-32(25(3)46)37(47)42-20-21-45)35(38(48)51-31)44(54-36(41)34(33)53-40)24-28-13-9-8-12-27(28)16-14-26-15-17-29-30(22-26)50-29/h8-9,12-14,16,25-26,29-36,45-46H,4-7,10-11,15,17-24H2,1-3H3,(H,42,47)(H,43,49)/t25-,26?,29?,30?,31+,32+,33-,34-,35+,36+,41+/m0/s1. The van der Waals surface area contributed by atoms with E-state index in [-0.39, 0.29) is 26.1 Å². The van der Waals surface area contributed by atoms with Gasteiger partial charge in [-0.3, -0.25) is 19.2 Å². The summed E-state index contributed by atoms with van der Waals surface area (Å²) in [6.07, 6.45) is 11.3. The van der Waals surface area contributed by atoms with Crippen molar-refractivity contribution in [1.82, 2.24) is 15.7 Å². The maximum Gasteiger partial charge on any atom is 0.327 e. The first-order valence-electron chi connectivity index (χ1n) is 20.4. The van der Waals surface area contributed by atoms with Crippen molar-refractivity contribution in [3.8, 4) is 0 Å². The number of carbonyl (C=O) groups excluding carboxylic acids is 3. The third kappa shape index (κ3) is 7.74. The monoisotopic (exact) mass is 753 g/mol. The van der Waals surface area contributed by atoms with Gasteiger partial charge in [-0.2, -0.15) is 5.06 Å². The molecule has 1 aromatic rings. The van der Waals surface area contributed by atoms with Gasteiger partial charge in [0.2, 0.25) is 11.8 Å². The molecular formula is C41H59N3O10. The number of unbranched alkanes of at least 4 members (excludes halogenated alkanes) is 4. The van der Waals surface area contributed by atoms with Gasteiger partial charge in [-0.05, 0) is 56.1 Å². The molecule has 2 saturated carbocycles. The molecule has 13 nitrogen and oxygen atoms in total. The number of carbonyl (C=O) groups is 3. The summed E-state index contributed by atoms with van der Waals surface area (Å²) in [5, 5.41) is 26.9. The van der Waals surface area contributed by atoms with Gasteiger partial charge in [0, 0.05) is 25.8 Å². The molecule has 4 aliphatic heterocycles. The largest absolute Gasteiger partial charge is 0.458 e. The predicted molar refractivity (Wildman–Crippen MR) is 197 cm³/mol. The van der Waals surface area contributed by atoms with Crippen molar-refractivity contribution in [2.24, 2.45) is 11.3 Å². The molecule has 0 radical (unpaired) electrons. The van der Waals surface area contributed by atoms with Crippen molar-refractivity contribution in [3.63, 3.8) is 0 Å². The zero-order valence-corrected chi connectivity index (χ0v) is 32.0. The Bertz CT molecular complexity index is 1530. The molecule has 6 fully saturated rings. The highest BCUT2D eigenvalue weighted by molar-refractivity contribution is 5.96. The van der Waals surface area contributed by atoms with Crippen LogP contribution in [0, 0.1) is 11.3 Å². The molecule has 6 aliphatic rings. The number of hydroxylamine groups is 2. The van der Waals surface area contributed by atoms with Crippen LogP contribution in [0.25, 0.3) is 6.08 Å². The van der Waals surface area contributed by atoms with E-state index < -0.39 is 71.6 Å². The second-order valence-electron chi connectivity index (χ2n) is 16.3. The SMILES string of the molecule is CCCCCC1(CCCCC)O[C@@H]2[C@H](O1)[C@H]1ON(Cc3ccccc3C=CC3CCC4OC4C3)[C@@H]3C(=O)O[C@@H]2C[C@]13C(=O)N[C@@H](C(=O)NCCO)[C@H](C)O. The van der Waals surface area contributed by atoms with Gasteiger partial charge in [0.15, 0.2) is 11.8 Å². The first-order chi connectivity index (χ1) is 26.1. The van der Waals surface area contributed by atoms with Crippen LogP contribution in [-0.4, -0.2) is 107 Å². The number of amides is 2. The van der Waals surface area contributed by atoms with Crippen LogP contribution >= 0.6 is 0 Å². The lowest BCUT2D eigenvalue weighted by atomic mass is 9.62. The van der Waals surface area contributed by atoms with Crippen LogP contribution in [0.3, 0.4) is 0 Å². The van der Waals surface area contributed by atoms with Gasteiger partial charge in [-0.25, -0.2) is 0 Å². The van der Waals surface area contributed by atoms with Crippen LogP contribution in [0.1, 0.15) is 109 Å². The Morgan fingerprint density at radius 2 is 1.76 bits per heavy atom. The molecule has 4 saturated heterocycles. The van der Waals surface area contributed by atoms with Gasteiger partial charge >= 0.3 is 5.97 Å². The lowest BCUT2D eigenvalue weighted by molar-refractivity contribution is -0.224. The normalized spacial score (nSPS) is 34.5. The molecule has 298 valence electrons. The average Bonchev–Trinajstić information content (AvgIpc) is 3.70. The summed E-state index contributed by atoms with van der Waals surface area (Å²) in [4.78, 5) is 49.1. The molecule has 1 aromatic carbocycles. The number of hydrogen-bond donors (Lipinski definition) is 4. The number of epoxide rings is 1. The molecule has 2 aliphatic carbocycles. The van der Waals surface area contributed by atoms with E-state index in [1.165, 1.54) is 6.92 Å². The number of aliphatic hydroxyl groups excluding tert-OH is 2. The van der Waals surface area contributed by atoms with Gasteiger partial charge in [0.05, 0.1) is 31.5 Å². The van der Waals surface area contributed by atoms with Gasteiger partial charge in [-0.1, -0.05) is 75.9 Å². The minimum atomic E-state index is -1.52. The predicted octanol–water partition coefficient (Wildman–Crippen LogP) is 3.68. The Kier molecular flexibility index (Phi) is 12.1. The molecular weight excluding hydrogens is 694 g/mol. The van der Waals surface area contributed by atoms with E-state index in [0.717, 1.165) is 68.9 Å². The fourth-order valence-corrected chi connectivity index (χ4v) is 9.53. The molecule has 2 bridgehead atoms. The van der Waals surface area contributed by atoms with E-state index in [1.807, 2.05) is 24.3 Å². The van der Waals surface area contributed by atoms with Crippen LogP contribution in [-0.2, 0) is 44.7 Å². The zero-order chi connectivity index (χ0) is 38.0. The number of ether oxygens (including phenoxy) is 4. The fraction of sp³-hybridized carbons (Fsp3) is 0.732. The summed E-state index contributed by atoms with van der Waals surface area (Å²) in [5.41, 5.74) is 0.369. The Morgan fingerprint density at radius 1 is 1.02 bits per heavy atom. The molecule has 13 heteroatoms. The molecule has 11 atom stereocenters. The van der Waals surface area contributed by atoms with E-state index in [0.29, 0.717) is 31.0 Å². The minimum absolute atomic E-state index is 0.0455. The van der Waals surface area contributed by atoms with E-state index in [9.17, 15) is 24.6 Å². The summed E-state index contributed by atoms with van der Waals surface area (Å²) >= 11 is 0. The second kappa shape index (κ2) is 16.7. The number of aliphatic hydroxyl groups is 2. The number of benzene rings is 1. The number of nitrogens with zero attached hydrogens (tertiary/aromatic N) is 1. The van der Waals surface area contributed by atoms with Crippen molar-refractivity contribution >= 4 is 23.9 Å². The van der Waals surface area contributed by atoms with E-state index in [4.69, 9.17) is 23.8 Å².